The van der Waals surface area contributed by atoms with Crippen molar-refractivity contribution in [2.75, 3.05) is 33.4 Å². The molecule has 3 aliphatic rings. The summed E-state index contributed by atoms with van der Waals surface area (Å²) in [4.78, 5) is 9.55. The number of fused-ring (bicyclic) bond motifs is 1. The van der Waals surface area contributed by atoms with Gasteiger partial charge in [0.05, 0.1) is 18.8 Å². The third-order valence-corrected chi connectivity index (χ3v) is 6.62. The first-order chi connectivity index (χ1) is 13.8. The molecule has 0 radical (unpaired) electrons. The zero-order chi connectivity index (χ0) is 18.9. The third-order valence-electron chi connectivity index (χ3n) is 6.62. The molecular weight excluding hydrogens is 350 g/mol. The maximum atomic E-state index is 5.72. The summed E-state index contributed by atoms with van der Waals surface area (Å²) in [5, 5.41) is 0. The average Bonchev–Trinajstić information content (AvgIpc) is 3.18. The SMILES string of the molecule is CO[C@H]1CN(C2CCN(Cc3ccc4c(c3)CCO4)CC2)[C@H]1c1cccnc1. The highest BCUT2D eigenvalue weighted by atomic mass is 16.5. The normalized spacial score (nSPS) is 25.9. The maximum Gasteiger partial charge on any atom is 0.122 e. The van der Waals surface area contributed by atoms with E-state index in [9.17, 15) is 0 Å². The Morgan fingerprint density at radius 2 is 2.11 bits per heavy atom. The van der Waals surface area contributed by atoms with Crippen molar-refractivity contribution in [1.82, 2.24) is 14.8 Å². The molecule has 2 fully saturated rings. The van der Waals surface area contributed by atoms with Gasteiger partial charge in [-0.05, 0) is 54.8 Å². The number of rotatable bonds is 5. The lowest BCUT2D eigenvalue weighted by atomic mass is 9.87. The summed E-state index contributed by atoms with van der Waals surface area (Å²) >= 11 is 0. The maximum absolute atomic E-state index is 5.72. The minimum absolute atomic E-state index is 0.288. The van der Waals surface area contributed by atoms with Crippen molar-refractivity contribution in [3.05, 3.63) is 59.4 Å². The van der Waals surface area contributed by atoms with Crippen LogP contribution in [-0.4, -0.2) is 60.3 Å². The summed E-state index contributed by atoms with van der Waals surface area (Å²) < 4.78 is 11.4. The Kier molecular flexibility index (Phi) is 5.05. The van der Waals surface area contributed by atoms with E-state index in [1.165, 1.54) is 29.5 Å². The van der Waals surface area contributed by atoms with Crippen LogP contribution in [0.5, 0.6) is 5.75 Å². The third kappa shape index (κ3) is 3.43. The van der Waals surface area contributed by atoms with E-state index in [0.717, 1.165) is 45.0 Å². The van der Waals surface area contributed by atoms with Crippen LogP contribution in [0.3, 0.4) is 0 Å². The van der Waals surface area contributed by atoms with Gasteiger partial charge in [-0.15, -0.1) is 0 Å². The fourth-order valence-electron chi connectivity index (χ4n) is 5.04. The monoisotopic (exact) mass is 379 g/mol. The minimum atomic E-state index is 0.288. The Hall–Kier alpha value is -1.95. The van der Waals surface area contributed by atoms with E-state index in [-0.39, 0.29) is 6.10 Å². The number of nitrogens with zero attached hydrogens (tertiary/aromatic N) is 3. The standard InChI is InChI=1S/C23H29N3O2/c1-27-22-16-26(23(22)19-3-2-9-24-14-19)20-6-10-25(11-7-20)15-17-4-5-21-18(13-17)8-12-28-21/h2-5,9,13-14,20,22-23H,6-8,10-12,15-16H2,1H3/t22-,23-/m0/s1. The van der Waals surface area contributed by atoms with Crippen LogP contribution >= 0.6 is 0 Å². The largest absolute Gasteiger partial charge is 0.493 e. The number of methoxy groups -OCH3 is 1. The quantitative estimate of drug-likeness (QED) is 0.798. The van der Waals surface area contributed by atoms with Crippen LogP contribution in [0, 0.1) is 0 Å². The van der Waals surface area contributed by atoms with E-state index in [2.05, 4.69) is 39.0 Å². The topological polar surface area (TPSA) is 37.8 Å². The molecule has 1 aromatic carbocycles. The van der Waals surface area contributed by atoms with E-state index in [0.29, 0.717) is 12.1 Å². The van der Waals surface area contributed by atoms with Crippen LogP contribution in [0.15, 0.2) is 42.7 Å². The lowest BCUT2D eigenvalue weighted by Crippen LogP contribution is -2.60. The van der Waals surface area contributed by atoms with Crippen LogP contribution in [0.1, 0.15) is 35.6 Å². The molecule has 2 atom stereocenters. The number of ether oxygens (including phenoxy) is 2. The number of hydrogen-bond donors (Lipinski definition) is 0. The molecule has 5 nitrogen and oxygen atoms in total. The molecule has 0 bridgehead atoms. The molecule has 0 amide bonds. The Morgan fingerprint density at radius 1 is 1.21 bits per heavy atom. The lowest BCUT2D eigenvalue weighted by Gasteiger charge is -2.53. The fraction of sp³-hybridized carbons (Fsp3) is 0.522. The first kappa shape index (κ1) is 18.1. The Bertz CT molecular complexity index is 805. The summed E-state index contributed by atoms with van der Waals surface area (Å²) in [6.07, 6.45) is 7.63. The molecule has 28 heavy (non-hydrogen) atoms. The summed E-state index contributed by atoms with van der Waals surface area (Å²) in [6, 6.07) is 11.9. The fourth-order valence-corrected chi connectivity index (χ4v) is 5.04. The van der Waals surface area contributed by atoms with Crippen molar-refractivity contribution in [3.8, 4) is 5.75 Å². The molecule has 0 unspecified atom stereocenters. The molecule has 1 aromatic heterocycles. The van der Waals surface area contributed by atoms with Crippen molar-refractivity contribution in [2.45, 2.75) is 44.0 Å². The first-order valence-electron chi connectivity index (χ1n) is 10.5. The Morgan fingerprint density at radius 3 is 2.89 bits per heavy atom. The number of piperidine rings is 1. The zero-order valence-electron chi connectivity index (χ0n) is 16.6. The molecule has 2 saturated heterocycles. The molecule has 5 rings (SSSR count). The Labute approximate surface area is 167 Å². The second-order valence-corrected chi connectivity index (χ2v) is 8.25. The van der Waals surface area contributed by atoms with Crippen molar-refractivity contribution in [2.24, 2.45) is 0 Å². The zero-order valence-corrected chi connectivity index (χ0v) is 16.6. The number of aromatic nitrogens is 1. The van der Waals surface area contributed by atoms with Gasteiger partial charge in [0.15, 0.2) is 0 Å². The minimum Gasteiger partial charge on any atom is -0.493 e. The predicted octanol–water partition coefficient (Wildman–Crippen LogP) is 3.05. The molecule has 0 spiro atoms. The smallest absolute Gasteiger partial charge is 0.122 e. The molecule has 2 aromatic rings. The van der Waals surface area contributed by atoms with Gasteiger partial charge in [0.2, 0.25) is 0 Å². The van der Waals surface area contributed by atoms with Gasteiger partial charge < -0.3 is 9.47 Å². The van der Waals surface area contributed by atoms with Gasteiger partial charge >= 0.3 is 0 Å². The second kappa shape index (κ2) is 7.82. The summed E-state index contributed by atoms with van der Waals surface area (Å²) in [7, 11) is 1.83. The molecule has 4 heterocycles. The summed E-state index contributed by atoms with van der Waals surface area (Å²) in [6.45, 7) is 5.23. The second-order valence-electron chi connectivity index (χ2n) is 8.25. The van der Waals surface area contributed by atoms with Crippen LogP contribution in [0.2, 0.25) is 0 Å². The van der Waals surface area contributed by atoms with Gasteiger partial charge in [0.1, 0.15) is 5.75 Å². The van der Waals surface area contributed by atoms with E-state index < -0.39 is 0 Å². The number of pyridine rings is 1. The molecular formula is C23H29N3O2. The molecule has 5 heteroatoms. The van der Waals surface area contributed by atoms with Gasteiger partial charge in [-0.2, -0.15) is 0 Å². The van der Waals surface area contributed by atoms with E-state index in [4.69, 9.17) is 9.47 Å². The molecule has 0 N–H and O–H groups in total. The highest BCUT2D eigenvalue weighted by Crippen LogP contribution is 2.39. The van der Waals surface area contributed by atoms with E-state index >= 15 is 0 Å². The lowest BCUT2D eigenvalue weighted by molar-refractivity contribution is -0.117. The molecule has 0 saturated carbocycles. The van der Waals surface area contributed by atoms with Crippen molar-refractivity contribution in [1.29, 1.82) is 0 Å². The van der Waals surface area contributed by atoms with Gasteiger partial charge in [-0.1, -0.05) is 18.2 Å². The van der Waals surface area contributed by atoms with Crippen LogP contribution in [0.4, 0.5) is 0 Å². The highest BCUT2D eigenvalue weighted by molar-refractivity contribution is 5.39. The Balaban J connectivity index is 1.19. The van der Waals surface area contributed by atoms with Crippen molar-refractivity contribution < 1.29 is 9.47 Å². The van der Waals surface area contributed by atoms with Crippen LogP contribution in [-0.2, 0) is 17.7 Å². The first-order valence-corrected chi connectivity index (χ1v) is 10.5. The van der Waals surface area contributed by atoms with Gasteiger partial charge in [0.25, 0.3) is 0 Å². The van der Waals surface area contributed by atoms with Crippen molar-refractivity contribution >= 4 is 0 Å². The van der Waals surface area contributed by atoms with Crippen molar-refractivity contribution in [3.63, 3.8) is 0 Å². The van der Waals surface area contributed by atoms with E-state index in [1.807, 2.05) is 25.6 Å². The van der Waals surface area contributed by atoms with Gasteiger partial charge in [0, 0.05) is 45.1 Å². The summed E-state index contributed by atoms with van der Waals surface area (Å²) in [5.74, 6) is 1.08. The molecule has 3 aliphatic heterocycles. The van der Waals surface area contributed by atoms with Crippen LogP contribution in [0.25, 0.3) is 0 Å². The molecule has 0 aliphatic carbocycles. The number of hydrogen-bond acceptors (Lipinski definition) is 5. The number of likely N-dealkylation sites (tertiary alicyclic amines) is 2. The summed E-state index contributed by atoms with van der Waals surface area (Å²) in [5.41, 5.74) is 4.07. The van der Waals surface area contributed by atoms with Gasteiger partial charge in [-0.3, -0.25) is 14.8 Å². The highest BCUT2D eigenvalue weighted by Gasteiger charge is 2.44. The van der Waals surface area contributed by atoms with Crippen LogP contribution < -0.4 is 4.74 Å². The predicted molar refractivity (Wildman–Crippen MR) is 108 cm³/mol. The van der Waals surface area contributed by atoms with Gasteiger partial charge in [-0.25, -0.2) is 0 Å². The van der Waals surface area contributed by atoms with E-state index in [1.54, 1.807) is 0 Å². The number of benzene rings is 1. The average molecular weight is 380 g/mol. The molecule has 148 valence electrons.